The molecule has 0 bridgehead atoms. The first-order chi connectivity index (χ1) is 13.5. The van der Waals surface area contributed by atoms with Crippen LogP contribution in [-0.4, -0.2) is 27.2 Å². The van der Waals surface area contributed by atoms with Crippen molar-refractivity contribution in [2.24, 2.45) is 21.6 Å². The second-order valence-corrected chi connectivity index (χ2v) is 6.18. The number of benzene rings is 1. The fourth-order valence-electron chi connectivity index (χ4n) is 4.01. The molecule has 138 valence electrons. The Balaban J connectivity index is 2.32. The molecule has 2 N–H and O–H groups in total. The number of rotatable bonds is 4. The Morgan fingerprint density at radius 2 is 1.50 bits per heavy atom. The van der Waals surface area contributed by atoms with Crippen molar-refractivity contribution in [2.75, 3.05) is 21.3 Å². The topological polar surface area (TPSA) is 161 Å². The van der Waals surface area contributed by atoms with E-state index in [9.17, 15) is 21.0 Å². The number of hydrogen-bond acceptors (Lipinski definition) is 9. The van der Waals surface area contributed by atoms with Crippen LogP contribution in [0.15, 0.2) is 28.4 Å². The number of nitrogens with two attached hydrogens (primary N) is 1. The van der Waals surface area contributed by atoms with Gasteiger partial charge in [-0.3, -0.25) is 0 Å². The largest absolute Gasteiger partial charge is 0.493 e. The maximum Gasteiger partial charge on any atom is 0.203 e. The van der Waals surface area contributed by atoms with Crippen LogP contribution in [0.25, 0.3) is 0 Å². The van der Waals surface area contributed by atoms with Crippen LogP contribution in [0.1, 0.15) is 11.5 Å². The number of hydrogen-bond donors (Lipinski definition) is 1. The fraction of sp³-hybridized carbons (Fsp3) is 0.316. The minimum absolute atomic E-state index is 0.0854. The minimum atomic E-state index is -1.54. The molecule has 1 fully saturated rings. The number of aliphatic imine (C=N–C) groups is 1. The molecule has 0 unspecified atom stereocenters. The van der Waals surface area contributed by atoms with E-state index in [0.717, 1.165) is 0 Å². The number of fused-ring (bicyclic) bond motifs is 1. The van der Waals surface area contributed by atoms with E-state index < -0.39 is 16.7 Å². The first-order valence-corrected chi connectivity index (χ1v) is 7.99. The molecule has 28 heavy (non-hydrogen) atoms. The molecule has 0 saturated heterocycles. The standard InChI is InChI=1S/C19H14N6O3/c1-26-12-4-10(5-13(27-2)14(12)28-3)15-18(8-22)16(11(6-20)7-21)25-17(24)19(15,18)9-23/h4-5,15H,1-3H3,(H2,24,25)/t15-,18+,19-/m0/s1. The highest BCUT2D eigenvalue weighted by Crippen LogP contribution is 2.80. The van der Waals surface area contributed by atoms with Crippen LogP contribution in [-0.2, 0) is 0 Å². The lowest BCUT2D eigenvalue weighted by molar-refractivity contribution is 0.323. The summed E-state index contributed by atoms with van der Waals surface area (Å²) in [6, 6.07) is 10.9. The molecule has 3 atom stereocenters. The second-order valence-electron chi connectivity index (χ2n) is 6.18. The van der Waals surface area contributed by atoms with Gasteiger partial charge in [0.25, 0.3) is 0 Å². The van der Waals surface area contributed by atoms with Gasteiger partial charge < -0.3 is 19.9 Å². The van der Waals surface area contributed by atoms with Gasteiger partial charge in [-0.25, -0.2) is 4.99 Å². The van der Waals surface area contributed by atoms with Gasteiger partial charge in [0.05, 0.1) is 39.2 Å². The minimum Gasteiger partial charge on any atom is -0.493 e. The van der Waals surface area contributed by atoms with E-state index in [1.54, 1.807) is 24.3 Å². The van der Waals surface area contributed by atoms with Gasteiger partial charge in [0.1, 0.15) is 28.8 Å². The van der Waals surface area contributed by atoms with Crippen molar-refractivity contribution >= 4 is 5.84 Å². The predicted molar refractivity (Wildman–Crippen MR) is 94.8 cm³/mol. The molecule has 1 aromatic rings. The lowest BCUT2D eigenvalue weighted by Crippen LogP contribution is -2.25. The van der Waals surface area contributed by atoms with E-state index in [4.69, 9.17) is 19.9 Å². The molecule has 0 aromatic heterocycles. The van der Waals surface area contributed by atoms with Crippen molar-refractivity contribution in [3.63, 3.8) is 0 Å². The van der Waals surface area contributed by atoms with E-state index in [0.29, 0.717) is 22.8 Å². The molecular weight excluding hydrogens is 360 g/mol. The normalized spacial score (nSPS) is 26.5. The molecule has 1 saturated carbocycles. The van der Waals surface area contributed by atoms with Gasteiger partial charge in [0.15, 0.2) is 17.1 Å². The summed E-state index contributed by atoms with van der Waals surface area (Å²) in [5.41, 5.74) is 3.08. The van der Waals surface area contributed by atoms with Gasteiger partial charge in [-0.05, 0) is 17.7 Å². The summed E-state index contributed by atoms with van der Waals surface area (Å²) >= 11 is 0. The first-order valence-electron chi connectivity index (χ1n) is 7.99. The summed E-state index contributed by atoms with van der Waals surface area (Å²) in [7, 11) is 4.34. The maximum atomic E-state index is 10.0. The van der Waals surface area contributed by atoms with Gasteiger partial charge >= 0.3 is 0 Å². The summed E-state index contributed by atoms with van der Waals surface area (Å²) in [4.78, 5) is 4.04. The van der Waals surface area contributed by atoms with Crippen molar-refractivity contribution < 1.29 is 14.2 Å². The lowest BCUT2D eigenvalue weighted by atomic mass is 9.92. The maximum absolute atomic E-state index is 10.0. The third kappa shape index (κ3) is 1.88. The van der Waals surface area contributed by atoms with Crippen LogP contribution in [0.2, 0.25) is 0 Å². The van der Waals surface area contributed by atoms with Gasteiger partial charge in [0, 0.05) is 5.92 Å². The smallest absolute Gasteiger partial charge is 0.203 e. The van der Waals surface area contributed by atoms with Crippen molar-refractivity contribution in [3.05, 3.63) is 29.0 Å². The number of allylic oxidation sites excluding steroid dienone is 2. The van der Waals surface area contributed by atoms with Crippen molar-refractivity contribution in [1.82, 2.24) is 0 Å². The van der Waals surface area contributed by atoms with E-state index in [1.807, 2.05) is 0 Å². The third-order valence-electron chi connectivity index (χ3n) is 5.25. The zero-order valence-corrected chi connectivity index (χ0v) is 15.3. The zero-order valence-electron chi connectivity index (χ0n) is 15.3. The average Bonchev–Trinajstić information content (AvgIpc) is 3.28. The van der Waals surface area contributed by atoms with Crippen LogP contribution in [0, 0.1) is 56.2 Å². The molecule has 1 aromatic carbocycles. The molecule has 0 spiro atoms. The van der Waals surface area contributed by atoms with Crippen LogP contribution < -0.4 is 19.9 Å². The molecule has 1 aliphatic heterocycles. The highest BCUT2D eigenvalue weighted by molar-refractivity contribution is 6.03. The molecule has 9 nitrogen and oxygen atoms in total. The molecule has 1 aliphatic carbocycles. The summed E-state index contributed by atoms with van der Waals surface area (Å²) in [5, 5.41) is 38.5. The predicted octanol–water partition coefficient (Wildman–Crippen LogP) is 1.50. The van der Waals surface area contributed by atoms with Gasteiger partial charge in [-0.1, -0.05) is 0 Å². The van der Waals surface area contributed by atoms with Crippen molar-refractivity contribution in [2.45, 2.75) is 5.92 Å². The molecule has 0 radical (unpaired) electrons. The van der Waals surface area contributed by atoms with Crippen molar-refractivity contribution in [3.8, 4) is 41.5 Å². The van der Waals surface area contributed by atoms with Crippen LogP contribution in [0.3, 0.4) is 0 Å². The quantitative estimate of drug-likeness (QED) is 0.775. The fourth-order valence-corrected chi connectivity index (χ4v) is 4.01. The zero-order chi connectivity index (χ0) is 20.7. The first kappa shape index (κ1) is 18.6. The lowest BCUT2D eigenvalue weighted by Gasteiger charge is -2.15. The molecule has 1 heterocycles. The summed E-state index contributed by atoms with van der Waals surface area (Å²) in [6.07, 6.45) is 0. The number of amidine groups is 1. The Morgan fingerprint density at radius 1 is 0.964 bits per heavy atom. The number of methoxy groups -OCH3 is 3. The Labute approximate surface area is 161 Å². The van der Waals surface area contributed by atoms with E-state index in [1.165, 1.54) is 21.3 Å². The SMILES string of the molecule is COc1cc([C@H]2[C@]3(C#N)C(=C(C#N)C#N)N=C(N)[C@]23C#N)cc(OC)c1OC. The molecular formula is C19H14N6O3. The Morgan fingerprint density at radius 3 is 1.89 bits per heavy atom. The number of nitrogens with zero attached hydrogens (tertiary/aromatic N) is 5. The van der Waals surface area contributed by atoms with E-state index >= 15 is 0 Å². The summed E-state index contributed by atoms with van der Waals surface area (Å²) in [5.74, 6) is 0.166. The van der Waals surface area contributed by atoms with E-state index in [2.05, 4.69) is 17.1 Å². The highest BCUT2D eigenvalue weighted by Gasteiger charge is 2.86. The number of ether oxygens (including phenoxy) is 3. The van der Waals surface area contributed by atoms with Crippen LogP contribution >= 0.6 is 0 Å². The second kappa shape index (κ2) is 6.20. The number of nitriles is 4. The molecule has 2 aliphatic rings. The molecule has 3 rings (SSSR count). The van der Waals surface area contributed by atoms with Gasteiger partial charge in [0.2, 0.25) is 5.75 Å². The Bertz CT molecular complexity index is 1070. The summed E-state index contributed by atoms with van der Waals surface area (Å²) < 4.78 is 16.0. The molecule has 9 heteroatoms. The monoisotopic (exact) mass is 374 g/mol. The van der Waals surface area contributed by atoms with E-state index in [-0.39, 0.29) is 17.1 Å². The van der Waals surface area contributed by atoms with Gasteiger partial charge in [-0.2, -0.15) is 21.0 Å². The third-order valence-corrected chi connectivity index (χ3v) is 5.25. The van der Waals surface area contributed by atoms with Crippen molar-refractivity contribution in [1.29, 1.82) is 21.0 Å². The van der Waals surface area contributed by atoms with Crippen LogP contribution in [0.5, 0.6) is 17.2 Å². The van der Waals surface area contributed by atoms with Gasteiger partial charge in [-0.15, -0.1) is 0 Å². The van der Waals surface area contributed by atoms with Crippen LogP contribution in [0.4, 0.5) is 0 Å². The Kier molecular flexibility index (Phi) is 4.11. The average molecular weight is 374 g/mol. The highest BCUT2D eigenvalue weighted by atomic mass is 16.5. The molecule has 0 amide bonds. The summed E-state index contributed by atoms with van der Waals surface area (Å²) in [6.45, 7) is 0. The Hall–Kier alpha value is -4.21.